The molecule has 4 nitrogen and oxygen atoms in total. The Bertz CT molecular complexity index is 626. The summed E-state index contributed by atoms with van der Waals surface area (Å²) in [7, 11) is 0. The standard InChI is InChI=1S/C16H16FNO3/c1-2-9-21-13-6-4-12(5-7-13)18-16(20)14-8-3-11(17)10-15(14)19/h3-8,10,19H,2,9H2,1H3,(H,18,20). The molecule has 2 aromatic carbocycles. The second kappa shape index (κ2) is 6.74. The van der Waals surface area contributed by atoms with Crippen molar-refractivity contribution in [2.75, 3.05) is 11.9 Å². The SMILES string of the molecule is CCCOc1ccc(NC(=O)c2ccc(F)cc2O)cc1. The predicted molar refractivity (Wildman–Crippen MR) is 78.2 cm³/mol. The van der Waals surface area contributed by atoms with Crippen molar-refractivity contribution in [3.8, 4) is 11.5 Å². The monoisotopic (exact) mass is 289 g/mol. The molecule has 0 bridgehead atoms. The molecule has 21 heavy (non-hydrogen) atoms. The summed E-state index contributed by atoms with van der Waals surface area (Å²) >= 11 is 0. The minimum atomic E-state index is -0.596. The Kier molecular flexibility index (Phi) is 4.77. The van der Waals surface area contributed by atoms with Crippen molar-refractivity contribution in [1.29, 1.82) is 0 Å². The predicted octanol–water partition coefficient (Wildman–Crippen LogP) is 3.57. The van der Waals surface area contributed by atoms with E-state index >= 15 is 0 Å². The molecule has 0 aliphatic carbocycles. The third-order valence-electron chi connectivity index (χ3n) is 2.79. The average Bonchev–Trinajstić information content (AvgIpc) is 2.46. The fourth-order valence-corrected chi connectivity index (χ4v) is 1.75. The Hall–Kier alpha value is -2.56. The zero-order valence-corrected chi connectivity index (χ0v) is 11.6. The third-order valence-corrected chi connectivity index (χ3v) is 2.79. The highest BCUT2D eigenvalue weighted by atomic mass is 19.1. The molecule has 1 amide bonds. The third kappa shape index (κ3) is 3.95. The topological polar surface area (TPSA) is 58.6 Å². The largest absolute Gasteiger partial charge is 0.507 e. The molecule has 0 atom stereocenters. The van der Waals surface area contributed by atoms with Gasteiger partial charge in [0.1, 0.15) is 17.3 Å². The zero-order valence-electron chi connectivity index (χ0n) is 11.6. The summed E-state index contributed by atoms with van der Waals surface area (Å²) in [5.41, 5.74) is 0.579. The number of benzene rings is 2. The molecule has 110 valence electrons. The molecule has 2 aromatic rings. The molecule has 0 radical (unpaired) electrons. The van der Waals surface area contributed by atoms with Crippen LogP contribution in [0.25, 0.3) is 0 Å². The van der Waals surface area contributed by atoms with Crippen molar-refractivity contribution in [3.05, 3.63) is 53.8 Å². The second-order valence-corrected chi connectivity index (χ2v) is 4.49. The van der Waals surface area contributed by atoms with Gasteiger partial charge in [-0.15, -0.1) is 0 Å². The van der Waals surface area contributed by atoms with Gasteiger partial charge in [0.2, 0.25) is 0 Å². The molecule has 0 spiro atoms. The molecule has 0 saturated heterocycles. The number of phenolic OH excluding ortho intramolecular Hbond substituents is 1. The van der Waals surface area contributed by atoms with E-state index in [1.54, 1.807) is 24.3 Å². The molecular formula is C16H16FNO3. The summed E-state index contributed by atoms with van der Waals surface area (Å²) in [6.45, 7) is 2.65. The number of rotatable bonds is 5. The van der Waals surface area contributed by atoms with Crippen molar-refractivity contribution in [3.63, 3.8) is 0 Å². The van der Waals surface area contributed by atoms with Crippen LogP contribution in [0, 0.1) is 5.82 Å². The highest BCUT2D eigenvalue weighted by molar-refractivity contribution is 6.06. The highest BCUT2D eigenvalue weighted by Gasteiger charge is 2.12. The fraction of sp³-hybridized carbons (Fsp3) is 0.188. The Morgan fingerprint density at radius 2 is 1.95 bits per heavy atom. The normalized spacial score (nSPS) is 10.2. The van der Waals surface area contributed by atoms with Crippen LogP contribution in [0.2, 0.25) is 0 Å². The molecule has 0 aliphatic rings. The lowest BCUT2D eigenvalue weighted by Crippen LogP contribution is -2.12. The number of amides is 1. The van der Waals surface area contributed by atoms with Gasteiger partial charge in [0.15, 0.2) is 0 Å². The van der Waals surface area contributed by atoms with E-state index < -0.39 is 17.5 Å². The van der Waals surface area contributed by atoms with E-state index in [9.17, 15) is 14.3 Å². The summed E-state index contributed by atoms with van der Waals surface area (Å²) < 4.78 is 18.3. The van der Waals surface area contributed by atoms with Crippen LogP contribution in [0.4, 0.5) is 10.1 Å². The first-order valence-electron chi connectivity index (χ1n) is 6.63. The summed E-state index contributed by atoms with van der Waals surface area (Å²) in [6.07, 6.45) is 0.919. The number of ether oxygens (including phenoxy) is 1. The minimum Gasteiger partial charge on any atom is -0.507 e. The van der Waals surface area contributed by atoms with Gasteiger partial charge in [-0.3, -0.25) is 4.79 Å². The first-order chi connectivity index (χ1) is 10.1. The maximum absolute atomic E-state index is 12.9. The van der Waals surface area contributed by atoms with Gasteiger partial charge in [-0.25, -0.2) is 4.39 Å². The van der Waals surface area contributed by atoms with E-state index in [0.717, 1.165) is 24.3 Å². The number of anilines is 1. The van der Waals surface area contributed by atoms with Crippen LogP contribution in [0.3, 0.4) is 0 Å². The molecule has 0 saturated carbocycles. The van der Waals surface area contributed by atoms with Crippen LogP contribution in [-0.4, -0.2) is 17.6 Å². The highest BCUT2D eigenvalue weighted by Crippen LogP contribution is 2.21. The number of carbonyl (C=O) groups is 1. The van der Waals surface area contributed by atoms with E-state index in [1.165, 1.54) is 6.07 Å². The van der Waals surface area contributed by atoms with Crippen LogP contribution < -0.4 is 10.1 Å². The van der Waals surface area contributed by atoms with Gasteiger partial charge in [-0.1, -0.05) is 6.92 Å². The maximum Gasteiger partial charge on any atom is 0.259 e. The Morgan fingerprint density at radius 3 is 2.57 bits per heavy atom. The lowest BCUT2D eigenvalue weighted by atomic mass is 10.1. The number of hydrogen-bond donors (Lipinski definition) is 2. The van der Waals surface area contributed by atoms with Gasteiger partial charge >= 0.3 is 0 Å². The first kappa shape index (κ1) is 14.8. The summed E-state index contributed by atoms with van der Waals surface area (Å²) in [4.78, 5) is 12.0. The van der Waals surface area contributed by atoms with Gasteiger partial charge in [0.05, 0.1) is 12.2 Å². The number of halogens is 1. The Balaban J connectivity index is 2.05. The van der Waals surface area contributed by atoms with Gasteiger partial charge in [0.25, 0.3) is 5.91 Å². The first-order valence-corrected chi connectivity index (χ1v) is 6.63. The number of hydrogen-bond acceptors (Lipinski definition) is 3. The van der Waals surface area contributed by atoms with Crippen LogP contribution >= 0.6 is 0 Å². The molecular weight excluding hydrogens is 273 g/mol. The van der Waals surface area contributed by atoms with Crippen LogP contribution in [0.15, 0.2) is 42.5 Å². The lowest BCUT2D eigenvalue weighted by Gasteiger charge is -2.08. The average molecular weight is 289 g/mol. The number of carbonyl (C=O) groups excluding carboxylic acids is 1. The smallest absolute Gasteiger partial charge is 0.259 e. The van der Waals surface area contributed by atoms with Crippen molar-refractivity contribution in [2.24, 2.45) is 0 Å². The molecule has 2 N–H and O–H groups in total. The molecule has 0 unspecified atom stereocenters. The van der Waals surface area contributed by atoms with E-state index in [0.29, 0.717) is 12.3 Å². The van der Waals surface area contributed by atoms with Gasteiger partial charge in [0, 0.05) is 11.8 Å². The molecule has 0 heterocycles. The van der Waals surface area contributed by atoms with Crippen molar-refractivity contribution >= 4 is 11.6 Å². The van der Waals surface area contributed by atoms with Gasteiger partial charge < -0.3 is 15.2 Å². The maximum atomic E-state index is 12.9. The quantitative estimate of drug-likeness (QED) is 0.884. The molecule has 5 heteroatoms. The fourth-order valence-electron chi connectivity index (χ4n) is 1.75. The summed E-state index contributed by atoms with van der Waals surface area (Å²) in [6, 6.07) is 10.1. The molecule has 0 aliphatic heterocycles. The van der Waals surface area contributed by atoms with Gasteiger partial charge in [-0.2, -0.15) is 0 Å². The van der Waals surface area contributed by atoms with Crippen LogP contribution in [-0.2, 0) is 0 Å². The van der Waals surface area contributed by atoms with E-state index in [-0.39, 0.29) is 5.56 Å². The van der Waals surface area contributed by atoms with Crippen LogP contribution in [0.5, 0.6) is 11.5 Å². The lowest BCUT2D eigenvalue weighted by molar-refractivity contribution is 0.102. The van der Waals surface area contributed by atoms with E-state index in [1.807, 2.05) is 6.92 Å². The van der Waals surface area contributed by atoms with Gasteiger partial charge in [-0.05, 0) is 42.8 Å². The zero-order chi connectivity index (χ0) is 15.2. The van der Waals surface area contributed by atoms with Crippen molar-refractivity contribution in [1.82, 2.24) is 0 Å². The Labute approximate surface area is 122 Å². The van der Waals surface area contributed by atoms with Crippen LogP contribution in [0.1, 0.15) is 23.7 Å². The minimum absolute atomic E-state index is 0.0164. The van der Waals surface area contributed by atoms with E-state index in [2.05, 4.69) is 5.32 Å². The number of nitrogens with one attached hydrogen (secondary N) is 1. The molecule has 0 aromatic heterocycles. The number of aromatic hydroxyl groups is 1. The Morgan fingerprint density at radius 1 is 1.24 bits per heavy atom. The summed E-state index contributed by atoms with van der Waals surface area (Å²) in [5, 5.41) is 12.2. The number of phenols is 1. The molecule has 2 rings (SSSR count). The van der Waals surface area contributed by atoms with Crippen molar-refractivity contribution in [2.45, 2.75) is 13.3 Å². The van der Waals surface area contributed by atoms with E-state index in [4.69, 9.17) is 4.74 Å². The summed E-state index contributed by atoms with van der Waals surface area (Å²) in [5.74, 6) is -0.772. The molecule has 0 fully saturated rings. The van der Waals surface area contributed by atoms with Crippen molar-refractivity contribution < 1.29 is 19.0 Å². The second-order valence-electron chi connectivity index (χ2n) is 4.49.